The van der Waals surface area contributed by atoms with E-state index in [9.17, 15) is 9.59 Å². The number of amides is 1. The van der Waals surface area contributed by atoms with E-state index in [1.807, 2.05) is 29.2 Å². The van der Waals surface area contributed by atoms with Gasteiger partial charge in [-0.15, -0.1) is 0 Å². The largest absolute Gasteiger partial charge is 0.383 e. The van der Waals surface area contributed by atoms with E-state index in [1.165, 1.54) is 0 Å². The summed E-state index contributed by atoms with van der Waals surface area (Å²) in [6, 6.07) is 7.42. The molecule has 0 saturated heterocycles. The first-order valence-electron chi connectivity index (χ1n) is 6.35. The normalized spacial score (nSPS) is 14.2. The number of ketones is 1. The highest BCUT2D eigenvalue weighted by atomic mass is 16.5. The summed E-state index contributed by atoms with van der Waals surface area (Å²) in [5.74, 6) is 0.0906. The number of hydrogen-bond donors (Lipinski definition) is 1. The van der Waals surface area contributed by atoms with Crippen molar-refractivity contribution in [1.29, 1.82) is 0 Å². The smallest absolute Gasteiger partial charge is 0.239 e. The van der Waals surface area contributed by atoms with E-state index in [0.717, 1.165) is 5.69 Å². The third kappa shape index (κ3) is 3.32. The van der Waals surface area contributed by atoms with Crippen LogP contribution < -0.4 is 10.2 Å². The van der Waals surface area contributed by atoms with Crippen LogP contribution in [0.4, 0.5) is 5.69 Å². The molecule has 0 aliphatic carbocycles. The maximum Gasteiger partial charge on any atom is 0.239 e. The van der Waals surface area contributed by atoms with Crippen LogP contribution in [0.5, 0.6) is 0 Å². The Morgan fingerprint density at radius 3 is 3.00 bits per heavy atom. The predicted octanol–water partition coefficient (Wildman–Crippen LogP) is 0.842. The summed E-state index contributed by atoms with van der Waals surface area (Å²) in [4.78, 5) is 25.5. The van der Waals surface area contributed by atoms with Crippen molar-refractivity contribution in [3.8, 4) is 0 Å². The highest BCUT2D eigenvalue weighted by molar-refractivity contribution is 6.03. The lowest BCUT2D eigenvalue weighted by atomic mass is 10.0. The van der Waals surface area contributed by atoms with Gasteiger partial charge in [-0.05, 0) is 12.1 Å². The van der Waals surface area contributed by atoms with Crippen LogP contribution in [-0.2, 0) is 9.53 Å². The Hall–Kier alpha value is -1.88. The summed E-state index contributed by atoms with van der Waals surface area (Å²) in [6.45, 7) is 1.87. The average Bonchev–Trinajstić information content (AvgIpc) is 2.43. The molecule has 1 amide bonds. The highest BCUT2D eigenvalue weighted by Crippen LogP contribution is 2.26. The zero-order chi connectivity index (χ0) is 13.7. The number of carbonyl (C=O) groups excluding carboxylic acids is 2. The molecule has 0 saturated carbocycles. The zero-order valence-corrected chi connectivity index (χ0v) is 11.0. The molecule has 5 nitrogen and oxygen atoms in total. The second-order valence-corrected chi connectivity index (χ2v) is 4.45. The number of anilines is 1. The van der Waals surface area contributed by atoms with Gasteiger partial charge in [0.25, 0.3) is 0 Å². The second kappa shape index (κ2) is 6.33. The van der Waals surface area contributed by atoms with Crippen molar-refractivity contribution >= 4 is 17.4 Å². The molecular formula is C14H18N2O3. The van der Waals surface area contributed by atoms with Crippen LogP contribution in [0.1, 0.15) is 16.8 Å². The fraction of sp³-hybridized carbons (Fsp3) is 0.429. The van der Waals surface area contributed by atoms with Crippen LogP contribution in [0, 0.1) is 0 Å². The van der Waals surface area contributed by atoms with Crippen molar-refractivity contribution in [3.63, 3.8) is 0 Å². The standard InChI is InChI=1S/C14H18N2O3/c1-19-9-7-15-14(18)10-16-8-6-13(17)11-4-2-3-5-12(11)16/h2-5H,6-10H2,1H3,(H,15,18). The molecule has 1 N–H and O–H groups in total. The monoisotopic (exact) mass is 262 g/mol. The van der Waals surface area contributed by atoms with Gasteiger partial charge in [-0.25, -0.2) is 0 Å². The number of rotatable bonds is 5. The number of benzene rings is 1. The first-order valence-corrected chi connectivity index (χ1v) is 6.35. The summed E-state index contributed by atoms with van der Waals surface area (Å²) in [5, 5.41) is 2.78. The third-order valence-electron chi connectivity index (χ3n) is 3.12. The molecule has 0 spiro atoms. The second-order valence-electron chi connectivity index (χ2n) is 4.45. The van der Waals surface area contributed by atoms with Gasteiger partial charge in [-0.1, -0.05) is 12.1 Å². The van der Waals surface area contributed by atoms with Crippen LogP contribution in [-0.4, -0.2) is 45.0 Å². The van der Waals surface area contributed by atoms with Gasteiger partial charge >= 0.3 is 0 Å². The molecule has 1 aromatic carbocycles. The number of fused-ring (bicyclic) bond motifs is 1. The Morgan fingerprint density at radius 1 is 1.42 bits per heavy atom. The molecule has 102 valence electrons. The summed E-state index contributed by atoms with van der Waals surface area (Å²) < 4.78 is 4.88. The van der Waals surface area contributed by atoms with E-state index >= 15 is 0 Å². The van der Waals surface area contributed by atoms with Gasteiger partial charge in [-0.3, -0.25) is 9.59 Å². The van der Waals surface area contributed by atoms with Crippen LogP contribution in [0.2, 0.25) is 0 Å². The highest BCUT2D eigenvalue weighted by Gasteiger charge is 2.23. The minimum atomic E-state index is -0.0544. The number of para-hydroxylation sites is 1. The Labute approximate surface area is 112 Å². The quantitative estimate of drug-likeness (QED) is 0.799. The molecule has 0 unspecified atom stereocenters. The van der Waals surface area contributed by atoms with Crippen molar-refractivity contribution < 1.29 is 14.3 Å². The minimum absolute atomic E-state index is 0.0544. The first-order chi connectivity index (χ1) is 9.22. The van der Waals surface area contributed by atoms with Gasteiger partial charge < -0.3 is 15.0 Å². The van der Waals surface area contributed by atoms with Crippen molar-refractivity contribution in [2.75, 3.05) is 38.3 Å². The average molecular weight is 262 g/mol. The Bertz CT molecular complexity index is 474. The lowest BCUT2D eigenvalue weighted by Gasteiger charge is -2.29. The van der Waals surface area contributed by atoms with E-state index in [4.69, 9.17) is 4.74 Å². The number of carbonyl (C=O) groups is 2. The lowest BCUT2D eigenvalue weighted by Crippen LogP contribution is -2.41. The predicted molar refractivity (Wildman–Crippen MR) is 72.5 cm³/mol. The van der Waals surface area contributed by atoms with E-state index in [2.05, 4.69) is 5.32 Å². The fourth-order valence-corrected chi connectivity index (χ4v) is 2.16. The molecule has 1 aromatic rings. The maximum absolute atomic E-state index is 11.8. The van der Waals surface area contributed by atoms with Crippen LogP contribution in [0.25, 0.3) is 0 Å². The summed E-state index contributed by atoms with van der Waals surface area (Å²) in [6.07, 6.45) is 0.461. The van der Waals surface area contributed by atoms with Gasteiger partial charge in [0.05, 0.1) is 13.2 Å². The van der Waals surface area contributed by atoms with Crippen molar-refractivity contribution in [3.05, 3.63) is 29.8 Å². The molecule has 5 heteroatoms. The lowest BCUT2D eigenvalue weighted by molar-refractivity contribution is -0.120. The van der Waals surface area contributed by atoms with E-state index < -0.39 is 0 Å². The number of hydrogen-bond acceptors (Lipinski definition) is 4. The van der Waals surface area contributed by atoms with Gasteiger partial charge in [-0.2, -0.15) is 0 Å². The molecule has 2 rings (SSSR count). The van der Waals surface area contributed by atoms with Crippen molar-refractivity contribution in [1.82, 2.24) is 5.32 Å². The molecule has 0 radical (unpaired) electrons. The van der Waals surface area contributed by atoms with Gasteiger partial charge in [0, 0.05) is 37.9 Å². The Balaban J connectivity index is 2.00. The summed E-state index contributed by atoms with van der Waals surface area (Å²) in [7, 11) is 1.60. The minimum Gasteiger partial charge on any atom is -0.383 e. The molecule has 0 fully saturated rings. The molecule has 0 bridgehead atoms. The van der Waals surface area contributed by atoms with Gasteiger partial charge in [0.1, 0.15) is 0 Å². The van der Waals surface area contributed by atoms with E-state index in [-0.39, 0.29) is 18.2 Å². The molecule has 19 heavy (non-hydrogen) atoms. The van der Waals surface area contributed by atoms with Crippen LogP contribution in [0.15, 0.2) is 24.3 Å². The van der Waals surface area contributed by atoms with E-state index in [0.29, 0.717) is 31.7 Å². The van der Waals surface area contributed by atoms with Crippen LogP contribution >= 0.6 is 0 Å². The fourth-order valence-electron chi connectivity index (χ4n) is 2.16. The Morgan fingerprint density at radius 2 is 2.21 bits per heavy atom. The summed E-state index contributed by atoms with van der Waals surface area (Å²) >= 11 is 0. The summed E-state index contributed by atoms with van der Waals surface area (Å²) in [5.41, 5.74) is 1.55. The molecule has 1 aliphatic rings. The molecule has 1 aliphatic heterocycles. The first kappa shape index (κ1) is 13.5. The van der Waals surface area contributed by atoms with Crippen molar-refractivity contribution in [2.24, 2.45) is 0 Å². The molecular weight excluding hydrogens is 244 g/mol. The maximum atomic E-state index is 11.8. The number of methoxy groups -OCH3 is 1. The number of ether oxygens (including phenoxy) is 1. The molecule has 0 aromatic heterocycles. The number of Topliss-reactive ketones (excluding diaryl/α,β-unsaturated/α-hetero) is 1. The van der Waals surface area contributed by atoms with Crippen molar-refractivity contribution in [2.45, 2.75) is 6.42 Å². The zero-order valence-electron chi connectivity index (χ0n) is 11.0. The SMILES string of the molecule is COCCNC(=O)CN1CCC(=O)c2ccccc21. The van der Waals surface area contributed by atoms with Gasteiger partial charge in [0.2, 0.25) is 5.91 Å². The van der Waals surface area contributed by atoms with E-state index in [1.54, 1.807) is 7.11 Å². The number of nitrogens with one attached hydrogen (secondary N) is 1. The Kier molecular flexibility index (Phi) is 4.52. The molecule has 1 heterocycles. The molecule has 0 atom stereocenters. The van der Waals surface area contributed by atoms with Gasteiger partial charge in [0.15, 0.2) is 5.78 Å². The third-order valence-corrected chi connectivity index (χ3v) is 3.12. The topological polar surface area (TPSA) is 58.6 Å². The van der Waals surface area contributed by atoms with Crippen LogP contribution in [0.3, 0.4) is 0 Å². The number of nitrogens with zero attached hydrogens (tertiary/aromatic N) is 1.